The Bertz CT molecular complexity index is 553. The van der Waals surface area contributed by atoms with Gasteiger partial charge in [0.15, 0.2) is 11.0 Å². The highest BCUT2D eigenvalue weighted by atomic mass is 32.2. The Morgan fingerprint density at radius 1 is 1.26 bits per heavy atom. The van der Waals surface area contributed by atoms with Gasteiger partial charge in [-0.1, -0.05) is 30.3 Å². The molecule has 0 saturated heterocycles. The molecule has 1 atom stereocenters. The Morgan fingerprint density at radius 2 is 1.84 bits per heavy atom. The van der Waals surface area contributed by atoms with E-state index in [1.807, 2.05) is 0 Å². The summed E-state index contributed by atoms with van der Waals surface area (Å²) < 4.78 is 29.8. The summed E-state index contributed by atoms with van der Waals surface area (Å²) >= 11 is 0. The third-order valence-corrected chi connectivity index (χ3v) is 4.20. The molecule has 19 heavy (non-hydrogen) atoms. The normalized spacial score (nSPS) is 12.7. The first-order chi connectivity index (χ1) is 8.88. The third-order valence-electron chi connectivity index (χ3n) is 2.53. The number of nitrogens with one attached hydrogen (secondary N) is 1. The lowest BCUT2D eigenvalue weighted by molar-refractivity contribution is -0.139. The van der Waals surface area contributed by atoms with E-state index in [0.29, 0.717) is 5.56 Å². The van der Waals surface area contributed by atoms with Crippen molar-refractivity contribution in [1.82, 2.24) is 4.72 Å². The minimum absolute atomic E-state index is 0.374. The first-order valence-corrected chi connectivity index (χ1v) is 7.07. The van der Waals surface area contributed by atoms with Crippen LogP contribution in [0.5, 0.6) is 0 Å². The number of hydrogen-bond donors (Lipinski definition) is 1. The highest BCUT2D eigenvalue weighted by molar-refractivity contribution is 7.90. The second-order valence-electron chi connectivity index (χ2n) is 3.82. The molecule has 1 rings (SSSR count). The Balaban J connectivity index is 2.66. The molecule has 0 radical (unpaired) electrons. The van der Waals surface area contributed by atoms with E-state index >= 15 is 0 Å². The molecule has 7 heteroatoms. The topological polar surface area (TPSA) is 89.5 Å². The number of carbonyl (C=O) groups is 2. The van der Waals surface area contributed by atoms with E-state index in [9.17, 15) is 18.0 Å². The van der Waals surface area contributed by atoms with E-state index in [4.69, 9.17) is 0 Å². The van der Waals surface area contributed by atoms with E-state index < -0.39 is 27.8 Å². The van der Waals surface area contributed by atoms with Gasteiger partial charge in [0.25, 0.3) is 0 Å². The van der Waals surface area contributed by atoms with Crippen molar-refractivity contribution in [2.45, 2.75) is 12.2 Å². The standard InChI is InChI=1S/C12H15NO5S/c1-9(12(15)18-2)19(16,17)13-8-11(14)10-6-4-3-5-7-10/h3-7,9,13H,8H2,1-2H3. The molecule has 0 heterocycles. The van der Waals surface area contributed by atoms with Crippen LogP contribution in [0.25, 0.3) is 0 Å². The number of ketones is 1. The van der Waals surface area contributed by atoms with Gasteiger partial charge in [0.1, 0.15) is 0 Å². The molecular weight excluding hydrogens is 270 g/mol. The Labute approximate surface area is 111 Å². The first-order valence-electron chi connectivity index (χ1n) is 5.53. The molecule has 1 N–H and O–H groups in total. The molecule has 6 nitrogen and oxygen atoms in total. The lowest BCUT2D eigenvalue weighted by Crippen LogP contribution is -2.40. The van der Waals surface area contributed by atoms with Gasteiger partial charge in [0, 0.05) is 5.56 Å². The van der Waals surface area contributed by atoms with Crippen LogP contribution in [-0.4, -0.2) is 39.1 Å². The fourth-order valence-corrected chi connectivity index (χ4v) is 2.24. The van der Waals surface area contributed by atoms with E-state index in [1.54, 1.807) is 30.3 Å². The van der Waals surface area contributed by atoms with Crippen molar-refractivity contribution in [3.8, 4) is 0 Å². The van der Waals surface area contributed by atoms with Gasteiger partial charge in [-0.05, 0) is 6.92 Å². The molecule has 0 amide bonds. The summed E-state index contributed by atoms with van der Waals surface area (Å²) in [5.41, 5.74) is 0.399. The molecule has 1 aromatic carbocycles. The predicted octanol–water partition coefficient (Wildman–Crippen LogP) is 0.350. The molecule has 104 valence electrons. The monoisotopic (exact) mass is 285 g/mol. The molecule has 0 saturated carbocycles. The lowest BCUT2D eigenvalue weighted by Gasteiger charge is -2.11. The van der Waals surface area contributed by atoms with Gasteiger partial charge >= 0.3 is 5.97 Å². The number of sulfonamides is 1. The van der Waals surface area contributed by atoms with Crippen LogP contribution in [0.2, 0.25) is 0 Å². The van der Waals surface area contributed by atoms with Gasteiger partial charge in [-0.3, -0.25) is 9.59 Å². The van der Waals surface area contributed by atoms with Gasteiger partial charge in [-0.15, -0.1) is 0 Å². The van der Waals surface area contributed by atoms with Crippen molar-refractivity contribution in [2.75, 3.05) is 13.7 Å². The summed E-state index contributed by atoms with van der Waals surface area (Å²) in [6.07, 6.45) is 0. The van der Waals surface area contributed by atoms with Crippen LogP contribution in [0.1, 0.15) is 17.3 Å². The maximum absolute atomic E-state index is 11.7. The van der Waals surface area contributed by atoms with Crippen LogP contribution in [-0.2, 0) is 19.6 Å². The van der Waals surface area contributed by atoms with E-state index in [0.717, 1.165) is 7.11 Å². The Morgan fingerprint density at radius 3 is 2.37 bits per heavy atom. The minimum atomic E-state index is -3.92. The SMILES string of the molecule is COC(=O)C(C)S(=O)(=O)NCC(=O)c1ccccc1. The van der Waals surface area contributed by atoms with Crippen LogP contribution in [0.3, 0.4) is 0 Å². The molecule has 0 aliphatic carbocycles. The Hall–Kier alpha value is -1.73. The number of methoxy groups -OCH3 is 1. The van der Waals surface area contributed by atoms with E-state index in [1.165, 1.54) is 6.92 Å². The third kappa shape index (κ3) is 4.15. The van der Waals surface area contributed by atoms with Crippen molar-refractivity contribution < 1.29 is 22.7 Å². The first kappa shape index (κ1) is 15.3. The fraction of sp³-hybridized carbons (Fsp3) is 0.333. The zero-order chi connectivity index (χ0) is 14.5. The quantitative estimate of drug-likeness (QED) is 0.601. The van der Waals surface area contributed by atoms with Crippen LogP contribution in [0, 0.1) is 0 Å². The van der Waals surface area contributed by atoms with Crippen molar-refractivity contribution in [2.24, 2.45) is 0 Å². The molecule has 0 spiro atoms. The van der Waals surface area contributed by atoms with Gasteiger partial charge in [0.2, 0.25) is 10.0 Å². The molecular formula is C12H15NO5S. The summed E-state index contributed by atoms with van der Waals surface area (Å²) in [5.74, 6) is -1.25. The number of esters is 1. The number of benzene rings is 1. The number of rotatable bonds is 6. The highest BCUT2D eigenvalue weighted by Gasteiger charge is 2.29. The molecule has 0 bridgehead atoms. The Kier molecular flexibility index (Phi) is 5.20. The van der Waals surface area contributed by atoms with E-state index in [2.05, 4.69) is 9.46 Å². The average molecular weight is 285 g/mol. The molecule has 0 fully saturated rings. The van der Waals surface area contributed by atoms with E-state index in [-0.39, 0.29) is 5.78 Å². The maximum atomic E-state index is 11.7. The largest absolute Gasteiger partial charge is 0.468 e. The number of ether oxygens (including phenoxy) is 1. The van der Waals surface area contributed by atoms with Gasteiger partial charge in [-0.25, -0.2) is 13.1 Å². The zero-order valence-electron chi connectivity index (χ0n) is 10.6. The van der Waals surface area contributed by atoms with Crippen molar-refractivity contribution in [3.63, 3.8) is 0 Å². The molecule has 1 aromatic rings. The zero-order valence-corrected chi connectivity index (χ0v) is 11.4. The molecule has 1 unspecified atom stereocenters. The highest BCUT2D eigenvalue weighted by Crippen LogP contribution is 2.03. The summed E-state index contributed by atoms with van der Waals surface area (Å²) in [6.45, 7) is 0.800. The van der Waals surface area contributed by atoms with Crippen molar-refractivity contribution >= 4 is 21.8 Å². The summed E-state index contributed by atoms with van der Waals surface area (Å²) in [4.78, 5) is 22.9. The summed E-state index contributed by atoms with van der Waals surface area (Å²) in [7, 11) is -2.82. The molecule has 0 aromatic heterocycles. The van der Waals surface area contributed by atoms with Crippen LogP contribution in [0.4, 0.5) is 0 Å². The molecule has 0 aliphatic heterocycles. The average Bonchev–Trinajstić information content (AvgIpc) is 2.44. The van der Waals surface area contributed by atoms with Crippen LogP contribution < -0.4 is 4.72 Å². The van der Waals surface area contributed by atoms with Gasteiger partial charge in [-0.2, -0.15) is 0 Å². The second-order valence-corrected chi connectivity index (χ2v) is 5.91. The molecule has 0 aliphatic rings. The second kappa shape index (κ2) is 6.44. The smallest absolute Gasteiger partial charge is 0.325 e. The number of Topliss-reactive ketones (excluding diaryl/α,β-unsaturated/α-hetero) is 1. The number of carbonyl (C=O) groups excluding carboxylic acids is 2. The minimum Gasteiger partial charge on any atom is -0.468 e. The fourth-order valence-electron chi connectivity index (χ4n) is 1.31. The van der Waals surface area contributed by atoms with Crippen molar-refractivity contribution in [3.05, 3.63) is 35.9 Å². The lowest BCUT2D eigenvalue weighted by atomic mass is 10.1. The number of hydrogen-bond acceptors (Lipinski definition) is 5. The van der Waals surface area contributed by atoms with Crippen LogP contribution >= 0.6 is 0 Å². The summed E-state index contributed by atoms with van der Waals surface area (Å²) in [6, 6.07) is 8.28. The maximum Gasteiger partial charge on any atom is 0.325 e. The van der Waals surface area contributed by atoms with Crippen molar-refractivity contribution in [1.29, 1.82) is 0 Å². The van der Waals surface area contributed by atoms with Gasteiger partial charge < -0.3 is 4.74 Å². The summed E-state index contributed by atoms with van der Waals surface area (Å²) in [5, 5.41) is -1.36. The predicted molar refractivity (Wildman–Crippen MR) is 69.2 cm³/mol. The van der Waals surface area contributed by atoms with Gasteiger partial charge in [0.05, 0.1) is 13.7 Å². The van der Waals surface area contributed by atoms with Crippen LogP contribution in [0.15, 0.2) is 30.3 Å².